The number of hydrogen-bond donors (Lipinski definition) is 0. The van der Waals surface area contributed by atoms with Crippen molar-refractivity contribution in [2.75, 3.05) is 7.11 Å². The fourth-order valence-corrected chi connectivity index (χ4v) is 2.51. The minimum Gasteiger partial charge on any atom is -0.497 e. The van der Waals surface area contributed by atoms with Gasteiger partial charge in [0.2, 0.25) is 0 Å². The molecule has 0 saturated heterocycles. The van der Waals surface area contributed by atoms with E-state index in [2.05, 4.69) is 0 Å². The number of hydrogen-bond acceptors (Lipinski definition) is 3. The maximum absolute atomic E-state index is 11.3. The summed E-state index contributed by atoms with van der Waals surface area (Å²) < 4.78 is 5.07. The summed E-state index contributed by atoms with van der Waals surface area (Å²) in [6.07, 6.45) is 0. The predicted molar refractivity (Wildman–Crippen MR) is 90.5 cm³/mol. The van der Waals surface area contributed by atoms with Gasteiger partial charge >= 0.3 is 0 Å². The summed E-state index contributed by atoms with van der Waals surface area (Å²) in [6, 6.07) is 22.6. The Kier molecular flexibility index (Phi) is 4.06. The summed E-state index contributed by atoms with van der Waals surface area (Å²) in [4.78, 5) is 10.9. The molecule has 0 aliphatic heterocycles. The summed E-state index contributed by atoms with van der Waals surface area (Å²) in [5, 5.41) is 11.3. The minimum absolute atomic E-state index is 0.0387. The van der Waals surface area contributed by atoms with Gasteiger partial charge in [-0.1, -0.05) is 54.6 Å². The highest BCUT2D eigenvalue weighted by atomic mass is 16.6. The van der Waals surface area contributed by atoms with E-state index in [-0.39, 0.29) is 10.6 Å². The molecule has 23 heavy (non-hydrogen) atoms. The predicted octanol–water partition coefficient (Wildman–Crippen LogP) is 4.94. The van der Waals surface area contributed by atoms with E-state index < -0.39 is 0 Å². The van der Waals surface area contributed by atoms with E-state index >= 15 is 0 Å². The Balaban J connectivity index is 2.01. The Hall–Kier alpha value is -3.14. The van der Waals surface area contributed by atoms with Crippen LogP contribution in [0.15, 0.2) is 72.8 Å². The number of nitro benzene ring substituents is 1. The molecular weight excluding hydrogens is 290 g/mol. The Bertz CT molecular complexity index is 827. The summed E-state index contributed by atoms with van der Waals surface area (Å²) in [5.41, 5.74) is 3.61. The van der Waals surface area contributed by atoms with Gasteiger partial charge in [-0.3, -0.25) is 10.1 Å². The highest BCUT2D eigenvalue weighted by Crippen LogP contribution is 2.34. The van der Waals surface area contributed by atoms with Gasteiger partial charge in [0.05, 0.1) is 23.7 Å². The first-order chi connectivity index (χ1) is 11.2. The highest BCUT2D eigenvalue weighted by Gasteiger charge is 2.16. The molecule has 0 aromatic heterocycles. The van der Waals surface area contributed by atoms with E-state index in [4.69, 9.17) is 4.74 Å². The lowest BCUT2D eigenvalue weighted by Crippen LogP contribution is -1.93. The molecular formula is C19H15NO3. The van der Waals surface area contributed by atoms with Crippen LogP contribution in [0.4, 0.5) is 5.69 Å². The molecule has 0 unspecified atom stereocenters. The molecule has 3 aromatic rings. The maximum atomic E-state index is 11.3. The third-order valence-corrected chi connectivity index (χ3v) is 3.70. The Labute approximate surface area is 134 Å². The molecule has 0 atom stereocenters. The third-order valence-electron chi connectivity index (χ3n) is 3.70. The van der Waals surface area contributed by atoms with Crippen LogP contribution in [-0.4, -0.2) is 12.0 Å². The molecule has 0 spiro atoms. The van der Waals surface area contributed by atoms with Gasteiger partial charge < -0.3 is 4.74 Å². The number of nitrogens with zero attached hydrogens (tertiary/aromatic N) is 1. The van der Waals surface area contributed by atoms with Crippen LogP contribution in [0.1, 0.15) is 0 Å². The van der Waals surface area contributed by atoms with Crippen LogP contribution < -0.4 is 4.74 Å². The van der Waals surface area contributed by atoms with Crippen LogP contribution in [0.25, 0.3) is 22.3 Å². The molecule has 4 nitrogen and oxygen atoms in total. The third kappa shape index (κ3) is 3.06. The van der Waals surface area contributed by atoms with Crippen molar-refractivity contribution in [3.8, 4) is 28.0 Å². The number of benzene rings is 3. The zero-order valence-electron chi connectivity index (χ0n) is 12.6. The second-order valence-electron chi connectivity index (χ2n) is 5.08. The molecule has 3 rings (SSSR count). The van der Waals surface area contributed by atoms with Crippen LogP contribution in [0.3, 0.4) is 0 Å². The number of nitro groups is 1. The molecule has 0 amide bonds. The lowest BCUT2D eigenvalue weighted by molar-refractivity contribution is -0.384. The van der Waals surface area contributed by atoms with Gasteiger partial charge in [0.1, 0.15) is 5.75 Å². The van der Waals surface area contributed by atoms with E-state index in [1.165, 1.54) is 13.2 Å². The molecule has 0 heterocycles. The van der Waals surface area contributed by atoms with Crippen molar-refractivity contribution in [2.24, 2.45) is 0 Å². The summed E-state index contributed by atoms with van der Waals surface area (Å²) in [5.74, 6) is 0.473. The van der Waals surface area contributed by atoms with Crippen molar-refractivity contribution in [1.29, 1.82) is 0 Å². The van der Waals surface area contributed by atoms with E-state index in [0.717, 1.165) is 16.7 Å². The van der Waals surface area contributed by atoms with E-state index in [9.17, 15) is 10.1 Å². The lowest BCUT2D eigenvalue weighted by atomic mass is 9.99. The summed E-state index contributed by atoms with van der Waals surface area (Å²) >= 11 is 0. The van der Waals surface area contributed by atoms with Gasteiger partial charge in [0, 0.05) is 0 Å². The Morgan fingerprint density at radius 3 is 2.04 bits per heavy atom. The second-order valence-corrected chi connectivity index (χ2v) is 5.08. The lowest BCUT2D eigenvalue weighted by Gasteiger charge is -2.07. The van der Waals surface area contributed by atoms with Gasteiger partial charge in [-0.2, -0.15) is 0 Å². The van der Waals surface area contributed by atoms with E-state index in [1.807, 2.05) is 54.6 Å². The molecule has 0 bridgehead atoms. The van der Waals surface area contributed by atoms with Gasteiger partial charge in [0.15, 0.2) is 0 Å². The van der Waals surface area contributed by atoms with Crippen molar-refractivity contribution in [2.45, 2.75) is 0 Å². The second kappa shape index (κ2) is 6.32. The highest BCUT2D eigenvalue weighted by molar-refractivity contribution is 5.77. The largest absolute Gasteiger partial charge is 0.497 e. The smallest absolute Gasteiger partial charge is 0.280 e. The van der Waals surface area contributed by atoms with Crippen molar-refractivity contribution in [3.05, 3.63) is 82.9 Å². The van der Waals surface area contributed by atoms with Crippen LogP contribution in [0, 0.1) is 10.1 Å². The van der Waals surface area contributed by atoms with Crippen molar-refractivity contribution in [1.82, 2.24) is 0 Å². The summed E-state index contributed by atoms with van der Waals surface area (Å²) in [6.45, 7) is 0. The van der Waals surface area contributed by atoms with E-state index in [1.54, 1.807) is 12.1 Å². The van der Waals surface area contributed by atoms with Gasteiger partial charge in [-0.25, -0.2) is 0 Å². The fourth-order valence-electron chi connectivity index (χ4n) is 2.51. The normalized spacial score (nSPS) is 10.3. The monoisotopic (exact) mass is 305 g/mol. The maximum Gasteiger partial charge on any atom is 0.280 e. The average molecular weight is 305 g/mol. The molecule has 0 fully saturated rings. The first-order valence-electron chi connectivity index (χ1n) is 7.17. The number of ether oxygens (including phenoxy) is 1. The number of methoxy groups -OCH3 is 1. The Morgan fingerprint density at radius 1 is 0.826 bits per heavy atom. The van der Waals surface area contributed by atoms with Crippen molar-refractivity contribution < 1.29 is 9.66 Å². The Morgan fingerprint density at radius 2 is 1.43 bits per heavy atom. The number of rotatable bonds is 4. The van der Waals surface area contributed by atoms with Crippen LogP contribution in [0.5, 0.6) is 5.75 Å². The molecule has 0 N–H and O–H groups in total. The molecule has 4 heteroatoms. The molecule has 0 aliphatic carbocycles. The minimum atomic E-state index is -0.386. The first kappa shape index (κ1) is 14.8. The van der Waals surface area contributed by atoms with Gasteiger partial charge in [0.25, 0.3) is 5.69 Å². The van der Waals surface area contributed by atoms with E-state index in [0.29, 0.717) is 11.3 Å². The van der Waals surface area contributed by atoms with Crippen LogP contribution in [-0.2, 0) is 0 Å². The van der Waals surface area contributed by atoms with Crippen molar-refractivity contribution in [3.63, 3.8) is 0 Å². The molecule has 0 saturated carbocycles. The molecule has 3 aromatic carbocycles. The molecule has 114 valence electrons. The van der Waals surface area contributed by atoms with Crippen LogP contribution in [0.2, 0.25) is 0 Å². The van der Waals surface area contributed by atoms with Gasteiger partial charge in [-0.15, -0.1) is 0 Å². The SMILES string of the molecule is COc1ccc(-c2ccc(-c3ccccc3)cc2)c([N+](=O)[O-])c1. The summed E-state index contributed by atoms with van der Waals surface area (Å²) in [7, 11) is 1.49. The molecule has 0 radical (unpaired) electrons. The van der Waals surface area contributed by atoms with Crippen molar-refractivity contribution >= 4 is 5.69 Å². The molecule has 0 aliphatic rings. The topological polar surface area (TPSA) is 52.4 Å². The average Bonchev–Trinajstić information content (AvgIpc) is 2.62. The zero-order chi connectivity index (χ0) is 16.2. The van der Waals surface area contributed by atoms with Gasteiger partial charge in [-0.05, 0) is 28.8 Å². The standard InChI is InChI=1S/C19H15NO3/c1-23-17-11-12-18(19(13-17)20(21)22)16-9-7-15(8-10-16)14-5-3-2-4-6-14/h2-13H,1H3. The zero-order valence-corrected chi connectivity index (χ0v) is 12.6. The fraction of sp³-hybridized carbons (Fsp3) is 0.0526. The quantitative estimate of drug-likeness (QED) is 0.507. The van der Waals surface area contributed by atoms with Crippen LogP contribution >= 0.6 is 0 Å². The first-order valence-corrected chi connectivity index (χ1v) is 7.17.